The molecule has 0 bridgehead atoms. The molecule has 10 nitrogen and oxygen atoms in total. The Kier molecular flexibility index (Phi) is 7.33. The van der Waals surface area contributed by atoms with Crippen LogP contribution >= 0.6 is 0 Å². The average Bonchev–Trinajstić information content (AvgIpc) is 3.36. The summed E-state index contributed by atoms with van der Waals surface area (Å²) in [6.45, 7) is 0.404. The highest BCUT2D eigenvalue weighted by Crippen LogP contribution is 2.37. The molecule has 1 N–H and O–H groups in total. The van der Waals surface area contributed by atoms with Gasteiger partial charge in [0.25, 0.3) is 5.69 Å². The minimum absolute atomic E-state index is 0.0734. The molecule has 208 valence electrons. The second kappa shape index (κ2) is 11.7. The van der Waals surface area contributed by atoms with Crippen LogP contribution in [-0.4, -0.2) is 26.8 Å². The van der Waals surface area contributed by atoms with Gasteiger partial charge in [0.1, 0.15) is 39.8 Å². The van der Waals surface area contributed by atoms with E-state index in [1.54, 1.807) is 54.4 Å². The zero-order chi connectivity index (χ0) is 28.9. The molecular formula is C32H25N5O5. The van der Waals surface area contributed by atoms with Gasteiger partial charge < -0.3 is 19.5 Å². The number of rotatable bonds is 10. The summed E-state index contributed by atoms with van der Waals surface area (Å²) in [4.78, 5) is 15.9. The lowest BCUT2D eigenvalue weighted by Crippen LogP contribution is -2.03. The fourth-order valence-corrected chi connectivity index (χ4v) is 4.45. The zero-order valence-corrected chi connectivity index (χ0v) is 22.5. The number of benzene rings is 4. The van der Waals surface area contributed by atoms with E-state index in [9.17, 15) is 10.1 Å². The predicted molar refractivity (Wildman–Crippen MR) is 159 cm³/mol. The largest absolute Gasteiger partial charge is 0.497 e. The van der Waals surface area contributed by atoms with E-state index >= 15 is 0 Å². The Hall–Kier alpha value is -5.90. The first-order valence-corrected chi connectivity index (χ1v) is 13.1. The molecule has 0 spiro atoms. The van der Waals surface area contributed by atoms with E-state index in [0.717, 1.165) is 17.1 Å². The van der Waals surface area contributed by atoms with Crippen molar-refractivity contribution in [3.05, 3.63) is 131 Å². The van der Waals surface area contributed by atoms with Gasteiger partial charge in [0, 0.05) is 18.3 Å². The summed E-state index contributed by atoms with van der Waals surface area (Å²) in [6, 6.07) is 32.6. The Morgan fingerprint density at radius 1 is 0.786 bits per heavy atom. The third-order valence-corrected chi connectivity index (χ3v) is 6.47. The number of hydrogen-bond donors (Lipinski definition) is 1. The van der Waals surface area contributed by atoms with Crippen molar-refractivity contribution in [2.45, 2.75) is 6.54 Å². The number of ether oxygens (including phenoxy) is 3. The zero-order valence-electron chi connectivity index (χ0n) is 22.5. The Balaban J connectivity index is 1.36. The van der Waals surface area contributed by atoms with Crippen molar-refractivity contribution in [1.29, 1.82) is 0 Å². The highest BCUT2D eigenvalue weighted by atomic mass is 16.6. The van der Waals surface area contributed by atoms with Crippen LogP contribution in [0.2, 0.25) is 0 Å². The average molecular weight is 560 g/mol. The van der Waals surface area contributed by atoms with E-state index < -0.39 is 4.92 Å². The van der Waals surface area contributed by atoms with Gasteiger partial charge in [-0.3, -0.25) is 10.1 Å². The molecule has 6 rings (SSSR count). The second-order valence-corrected chi connectivity index (χ2v) is 9.25. The number of pyridine rings is 1. The van der Waals surface area contributed by atoms with Crippen molar-refractivity contribution < 1.29 is 19.1 Å². The number of nitrogens with one attached hydrogen (secondary N) is 1. The minimum Gasteiger partial charge on any atom is -0.497 e. The van der Waals surface area contributed by atoms with Gasteiger partial charge in [0.2, 0.25) is 0 Å². The summed E-state index contributed by atoms with van der Waals surface area (Å²) in [7, 11) is 1.62. The number of para-hydroxylation sites is 3. The van der Waals surface area contributed by atoms with Crippen molar-refractivity contribution in [1.82, 2.24) is 14.8 Å². The molecule has 0 saturated carbocycles. The van der Waals surface area contributed by atoms with Gasteiger partial charge in [-0.1, -0.05) is 42.5 Å². The molecule has 0 saturated heterocycles. The SMILES string of the molecule is COc1ccc(Cn2nc(Nc3ccccc3[N+](=O)[O-])c3c(Oc4ccc(Oc5ccccc5)cc4)ccnc32)cc1. The molecule has 4 aromatic carbocycles. The molecule has 42 heavy (non-hydrogen) atoms. The molecule has 0 unspecified atom stereocenters. The molecule has 0 aliphatic rings. The summed E-state index contributed by atoms with van der Waals surface area (Å²) < 4.78 is 19.2. The van der Waals surface area contributed by atoms with Gasteiger partial charge in [-0.25, -0.2) is 9.67 Å². The van der Waals surface area contributed by atoms with Crippen molar-refractivity contribution in [2.75, 3.05) is 12.4 Å². The molecule has 0 aliphatic heterocycles. The lowest BCUT2D eigenvalue weighted by atomic mass is 10.2. The topological polar surface area (TPSA) is 114 Å². The van der Waals surface area contributed by atoms with Crippen LogP contribution in [0.3, 0.4) is 0 Å². The molecule has 10 heteroatoms. The predicted octanol–water partition coefficient (Wildman–Crippen LogP) is 7.72. The van der Waals surface area contributed by atoms with Crippen molar-refractivity contribution in [2.24, 2.45) is 0 Å². The summed E-state index contributed by atoms with van der Waals surface area (Å²) in [5.74, 6) is 3.58. The molecule has 2 heterocycles. The van der Waals surface area contributed by atoms with Crippen LogP contribution in [0.4, 0.5) is 17.2 Å². The van der Waals surface area contributed by atoms with Crippen LogP contribution < -0.4 is 19.5 Å². The van der Waals surface area contributed by atoms with E-state index in [4.69, 9.17) is 19.3 Å². The highest BCUT2D eigenvalue weighted by molar-refractivity contribution is 5.95. The minimum atomic E-state index is -0.437. The molecule has 0 fully saturated rings. The maximum Gasteiger partial charge on any atom is 0.292 e. The number of hydrogen-bond acceptors (Lipinski definition) is 8. The van der Waals surface area contributed by atoms with Gasteiger partial charge >= 0.3 is 0 Å². The number of methoxy groups -OCH3 is 1. The van der Waals surface area contributed by atoms with E-state index in [2.05, 4.69) is 10.3 Å². The summed E-state index contributed by atoms with van der Waals surface area (Å²) >= 11 is 0. The number of nitro benzene ring substituents is 1. The van der Waals surface area contributed by atoms with Crippen LogP contribution in [0, 0.1) is 10.1 Å². The standard InChI is InChI=1S/C32H25N5O5/c1-40-23-13-11-22(12-14-23)21-36-32-30(31(35-36)34-27-9-5-6-10-28(27)37(38)39)29(19-20-33-32)42-26-17-15-25(16-18-26)41-24-7-3-2-4-8-24/h2-20H,21H2,1H3,(H,34,35). The van der Waals surface area contributed by atoms with Crippen LogP contribution in [0.5, 0.6) is 28.7 Å². The van der Waals surface area contributed by atoms with Crippen molar-refractivity contribution >= 4 is 28.2 Å². The Bertz CT molecular complexity index is 1840. The Labute approximate surface area is 240 Å². The Morgan fingerprint density at radius 2 is 1.43 bits per heavy atom. The smallest absolute Gasteiger partial charge is 0.292 e. The second-order valence-electron chi connectivity index (χ2n) is 9.25. The van der Waals surface area contributed by atoms with Gasteiger partial charge in [0.05, 0.1) is 18.6 Å². The van der Waals surface area contributed by atoms with Gasteiger partial charge in [-0.15, -0.1) is 0 Å². The molecular weight excluding hydrogens is 534 g/mol. The Morgan fingerprint density at radius 3 is 2.14 bits per heavy atom. The third kappa shape index (κ3) is 5.68. The fourth-order valence-electron chi connectivity index (χ4n) is 4.45. The van der Waals surface area contributed by atoms with Crippen LogP contribution in [0.15, 0.2) is 115 Å². The summed E-state index contributed by atoms with van der Waals surface area (Å²) in [6.07, 6.45) is 1.64. The molecule has 0 amide bonds. The first kappa shape index (κ1) is 26.3. The lowest BCUT2D eigenvalue weighted by Gasteiger charge is -2.10. The van der Waals surface area contributed by atoms with Crippen molar-refractivity contribution in [3.63, 3.8) is 0 Å². The maximum atomic E-state index is 11.7. The lowest BCUT2D eigenvalue weighted by molar-refractivity contribution is -0.383. The monoisotopic (exact) mass is 559 g/mol. The maximum absolute atomic E-state index is 11.7. The van der Waals surface area contributed by atoms with Crippen molar-refractivity contribution in [3.8, 4) is 28.7 Å². The van der Waals surface area contributed by atoms with Gasteiger partial charge in [-0.2, -0.15) is 5.10 Å². The number of nitro groups is 1. The van der Waals surface area contributed by atoms with Crippen LogP contribution in [0.25, 0.3) is 11.0 Å². The molecule has 2 aromatic heterocycles. The molecule has 0 atom stereocenters. The van der Waals surface area contributed by atoms with E-state index in [1.807, 2.05) is 66.7 Å². The van der Waals surface area contributed by atoms with Gasteiger partial charge in [-0.05, 0) is 60.2 Å². The van der Waals surface area contributed by atoms with Gasteiger partial charge in [0.15, 0.2) is 11.5 Å². The van der Waals surface area contributed by atoms with E-state index in [-0.39, 0.29) is 5.69 Å². The number of anilines is 2. The number of fused-ring (bicyclic) bond motifs is 1. The first-order chi connectivity index (χ1) is 20.6. The number of nitrogens with zero attached hydrogens (tertiary/aromatic N) is 4. The quantitative estimate of drug-likeness (QED) is 0.134. The van der Waals surface area contributed by atoms with Crippen LogP contribution in [-0.2, 0) is 6.54 Å². The van der Waals surface area contributed by atoms with E-state index in [0.29, 0.717) is 46.3 Å². The molecule has 0 radical (unpaired) electrons. The fraction of sp³-hybridized carbons (Fsp3) is 0.0625. The molecule has 6 aromatic rings. The summed E-state index contributed by atoms with van der Waals surface area (Å²) in [5, 5.41) is 20.2. The first-order valence-electron chi connectivity index (χ1n) is 13.1. The highest BCUT2D eigenvalue weighted by Gasteiger charge is 2.21. The van der Waals surface area contributed by atoms with E-state index in [1.165, 1.54) is 6.07 Å². The normalized spacial score (nSPS) is 10.8. The van der Waals surface area contributed by atoms with Crippen LogP contribution in [0.1, 0.15) is 5.56 Å². The summed E-state index contributed by atoms with van der Waals surface area (Å²) in [5.41, 5.74) is 1.75. The third-order valence-electron chi connectivity index (χ3n) is 6.47. The molecule has 0 aliphatic carbocycles. The number of aromatic nitrogens is 3.